The fourth-order valence-corrected chi connectivity index (χ4v) is 12.4. The second kappa shape index (κ2) is 77.9. The van der Waals surface area contributed by atoms with Crippen LogP contribution in [0.15, 0.2) is 97.2 Å². The summed E-state index contributed by atoms with van der Waals surface area (Å²) >= 11 is 0. The van der Waals surface area contributed by atoms with Gasteiger partial charge in [0.1, 0.15) is 6.61 Å². The Hall–Kier alpha value is -3.07. The van der Waals surface area contributed by atoms with Crippen molar-refractivity contribution in [1.29, 1.82) is 0 Å². The molecule has 3 N–H and O–H groups in total. The Labute approximate surface area is 576 Å². The molecular weight excluding hydrogens is 1170 g/mol. The average Bonchev–Trinajstić information content (AvgIpc) is 3.60. The van der Waals surface area contributed by atoms with E-state index < -0.39 is 26.5 Å². The van der Waals surface area contributed by atoms with E-state index in [0.717, 1.165) is 89.9 Å². The van der Waals surface area contributed by atoms with Crippen molar-refractivity contribution in [2.75, 3.05) is 26.4 Å². The van der Waals surface area contributed by atoms with Crippen LogP contribution in [0.25, 0.3) is 0 Å². The molecule has 0 amide bonds. The van der Waals surface area contributed by atoms with Crippen LogP contribution < -0.4 is 5.73 Å². The highest BCUT2D eigenvalue weighted by Gasteiger charge is 2.26. The van der Waals surface area contributed by atoms with Crippen LogP contribution in [0.5, 0.6) is 0 Å². The Balaban J connectivity index is 3.82. The molecule has 0 aromatic heterocycles. The van der Waals surface area contributed by atoms with Gasteiger partial charge in [-0.3, -0.25) is 18.6 Å². The molecule has 10 heteroatoms. The number of allylic oxidation sites excluding steroid dienone is 16. The maximum atomic E-state index is 12.8. The Kier molecular flexibility index (Phi) is 75.4. The van der Waals surface area contributed by atoms with Crippen molar-refractivity contribution >= 4 is 19.8 Å². The molecule has 0 aliphatic heterocycles. The Morgan fingerprint density at radius 1 is 0.333 bits per heavy atom. The normalized spacial score (nSPS) is 13.4. The molecule has 0 aromatic rings. The van der Waals surface area contributed by atoms with Crippen LogP contribution in [-0.4, -0.2) is 49.3 Å². The van der Waals surface area contributed by atoms with E-state index >= 15 is 0 Å². The summed E-state index contributed by atoms with van der Waals surface area (Å²) in [6.45, 7) is 3.69. The number of hydrogen-bond donors (Lipinski definition) is 2. The lowest BCUT2D eigenvalue weighted by molar-refractivity contribution is -0.161. The van der Waals surface area contributed by atoms with Gasteiger partial charge in [0.05, 0.1) is 13.2 Å². The summed E-state index contributed by atoms with van der Waals surface area (Å²) in [5, 5.41) is 0. The molecule has 2 unspecified atom stereocenters. The quantitative estimate of drug-likeness (QED) is 0.0264. The molecule has 0 radical (unpaired) electrons. The topological polar surface area (TPSA) is 134 Å². The van der Waals surface area contributed by atoms with E-state index in [9.17, 15) is 19.0 Å². The average molecular weight is 1320 g/mol. The van der Waals surface area contributed by atoms with Crippen LogP contribution in [0.1, 0.15) is 386 Å². The summed E-state index contributed by atoms with van der Waals surface area (Å²) in [4.78, 5) is 35.5. The van der Waals surface area contributed by atoms with Gasteiger partial charge in [-0.05, 0) is 77.0 Å². The van der Waals surface area contributed by atoms with E-state index in [-0.39, 0.29) is 38.6 Å². The molecule has 0 heterocycles. The van der Waals surface area contributed by atoms with Gasteiger partial charge in [-0.1, -0.05) is 394 Å². The maximum absolute atomic E-state index is 12.8. The molecule has 0 aliphatic carbocycles. The molecule has 0 rings (SSSR count). The molecule has 0 bridgehead atoms. The highest BCUT2D eigenvalue weighted by atomic mass is 31.2. The zero-order valence-corrected chi connectivity index (χ0v) is 61.9. The van der Waals surface area contributed by atoms with Crippen LogP contribution in [0, 0.1) is 0 Å². The first-order chi connectivity index (χ1) is 45.8. The van der Waals surface area contributed by atoms with Crippen LogP contribution in [0.4, 0.5) is 0 Å². The van der Waals surface area contributed by atoms with Gasteiger partial charge in [-0.25, -0.2) is 4.57 Å². The zero-order chi connectivity index (χ0) is 67.2. The molecular formula is C83H150NO8P. The minimum absolute atomic E-state index is 0.0525. The first-order valence-corrected chi connectivity index (χ1v) is 41.2. The summed E-state index contributed by atoms with van der Waals surface area (Å²) in [5.74, 6) is -0.812. The lowest BCUT2D eigenvalue weighted by atomic mass is 10.0. The number of unbranched alkanes of at least 4 members (excludes halogenated alkanes) is 46. The van der Waals surface area contributed by atoms with Gasteiger partial charge in [0.15, 0.2) is 6.10 Å². The third kappa shape index (κ3) is 77.8. The fourth-order valence-electron chi connectivity index (χ4n) is 11.7. The summed E-state index contributed by atoms with van der Waals surface area (Å²) < 4.78 is 33.3. The van der Waals surface area contributed by atoms with Crippen LogP contribution in [-0.2, 0) is 32.7 Å². The van der Waals surface area contributed by atoms with Crippen molar-refractivity contribution in [3.8, 4) is 0 Å². The molecule has 540 valence electrons. The zero-order valence-electron chi connectivity index (χ0n) is 61.0. The Morgan fingerprint density at radius 3 is 0.882 bits per heavy atom. The van der Waals surface area contributed by atoms with Crippen molar-refractivity contribution in [3.05, 3.63) is 97.2 Å². The van der Waals surface area contributed by atoms with Gasteiger partial charge in [-0.15, -0.1) is 0 Å². The first-order valence-electron chi connectivity index (χ1n) is 39.7. The largest absolute Gasteiger partial charge is 0.472 e. The summed E-state index contributed by atoms with van der Waals surface area (Å²) in [7, 11) is -4.40. The predicted molar refractivity (Wildman–Crippen MR) is 404 cm³/mol. The lowest BCUT2D eigenvalue weighted by Gasteiger charge is -2.19. The van der Waals surface area contributed by atoms with Crippen molar-refractivity contribution < 1.29 is 37.6 Å². The Morgan fingerprint density at radius 2 is 0.591 bits per heavy atom. The van der Waals surface area contributed by atoms with E-state index in [2.05, 4.69) is 111 Å². The molecule has 0 saturated carbocycles. The lowest BCUT2D eigenvalue weighted by Crippen LogP contribution is -2.29. The number of rotatable bonds is 75. The molecule has 0 saturated heterocycles. The third-order valence-electron chi connectivity index (χ3n) is 17.5. The number of hydrogen-bond acceptors (Lipinski definition) is 8. The number of esters is 2. The smallest absolute Gasteiger partial charge is 0.462 e. The van der Waals surface area contributed by atoms with Crippen LogP contribution in [0.2, 0.25) is 0 Å². The molecule has 0 aliphatic rings. The molecule has 0 fully saturated rings. The number of carbonyl (C=O) groups excluding carboxylic acids is 2. The monoisotopic (exact) mass is 1320 g/mol. The summed E-state index contributed by atoms with van der Waals surface area (Å²) in [6, 6.07) is 0. The van der Waals surface area contributed by atoms with Gasteiger partial charge in [0.2, 0.25) is 0 Å². The van der Waals surface area contributed by atoms with Crippen molar-refractivity contribution in [2.45, 2.75) is 392 Å². The first kappa shape index (κ1) is 89.9. The number of phosphoric acid groups is 1. The molecule has 2 atom stereocenters. The highest BCUT2D eigenvalue weighted by Crippen LogP contribution is 2.43. The van der Waals surface area contributed by atoms with Crippen molar-refractivity contribution in [3.63, 3.8) is 0 Å². The number of ether oxygens (including phenoxy) is 2. The van der Waals surface area contributed by atoms with Crippen molar-refractivity contribution in [2.24, 2.45) is 5.73 Å². The molecule has 0 aromatic carbocycles. The number of phosphoric ester groups is 1. The van der Waals surface area contributed by atoms with Gasteiger partial charge < -0.3 is 20.1 Å². The third-order valence-corrected chi connectivity index (χ3v) is 18.5. The van der Waals surface area contributed by atoms with Gasteiger partial charge in [-0.2, -0.15) is 0 Å². The second-order valence-corrected chi connectivity index (χ2v) is 28.0. The molecule has 93 heavy (non-hydrogen) atoms. The van der Waals surface area contributed by atoms with E-state index in [0.29, 0.717) is 6.42 Å². The summed E-state index contributed by atoms with van der Waals surface area (Å²) in [5.41, 5.74) is 5.41. The van der Waals surface area contributed by atoms with Gasteiger partial charge in [0.25, 0.3) is 0 Å². The van der Waals surface area contributed by atoms with E-state index in [1.807, 2.05) is 0 Å². The minimum Gasteiger partial charge on any atom is -0.462 e. The van der Waals surface area contributed by atoms with Crippen LogP contribution >= 0.6 is 7.82 Å². The fraction of sp³-hybridized carbons (Fsp3) is 0.783. The summed E-state index contributed by atoms with van der Waals surface area (Å²) in [6.07, 6.45) is 107. The number of carbonyl (C=O) groups is 2. The second-order valence-electron chi connectivity index (χ2n) is 26.6. The molecule has 9 nitrogen and oxygen atoms in total. The van der Waals surface area contributed by atoms with E-state index in [1.165, 1.54) is 263 Å². The standard InChI is InChI=1S/C83H150NO8P/c1-3-5-7-9-11-13-15-17-19-21-23-25-27-29-31-33-35-37-38-39-40-41-42-44-46-48-50-52-54-56-58-60-62-64-66-68-70-72-74-76-83(86)92-81(80-91-93(87,88)90-78-77-84)79-89-82(85)75-73-71-69-67-65-63-61-59-57-55-53-51-49-47-45-43-36-34-32-30-28-26-24-22-20-18-16-14-12-10-8-6-4-2/h5,7,11,13,17,19,23,25,29,31,35,37,39-40,42,44,81H,3-4,6,8-10,12,14-16,18,20-22,24,26-28,30,32-34,36,38,41,43,45-80,84H2,1-2H3,(H,87,88)/b7-5-,13-11-,19-17-,25-23-,31-29-,37-35-,40-39-,44-42-. The van der Waals surface area contributed by atoms with E-state index in [4.69, 9.17) is 24.3 Å². The van der Waals surface area contributed by atoms with Gasteiger partial charge in [0, 0.05) is 19.4 Å². The highest BCUT2D eigenvalue weighted by molar-refractivity contribution is 7.47. The maximum Gasteiger partial charge on any atom is 0.472 e. The predicted octanol–water partition coefficient (Wildman–Crippen LogP) is 26.6. The SMILES string of the molecule is CC/C=C\C/C=C\C/C=C\C/C=C\C/C=C\C/C=C\C/C=C\C/C=C\CCCCCCCCCCCCCCCCC(=O)OC(COC(=O)CCCCCCCCCCCCCCCCCCCCCCCCCCCCCCCCCCC)COP(=O)(O)OCCN. The molecule has 0 spiro atoms. The van der Waals surface area contributed by atoms with Crippen LogP contribution in [0.3, 0.4) is 0 Å². The minimum atomic E-state index is -4.40. The van der Waals surface area contributed by atoms with E-state index in [1.54, 1.807) is 0 Å². The number of nitrogens with two attached hydrogens (primary N) is 1. The Bertz CT molecular complexity index is 1850. The van der Waals surface area contributed by atoms with Gasteiger partial charge >= 0.3 is 19.8 Å². The van der Waals surface area contributed by atoms with Crippen molar-refractivity contribution in [1.82, 2.24) is 0 Å².